The van der Waals surface area contributed by atoms with Crippen LogP contribution < -0.4 is 10.2 Å². The lowest BCUT2D eigenvalue weighted by atomic mass is 10.2. The molecule has 0 saturated heterocycles. The zero-order valence-electron chi connectivity index (χ0n) is 10.0. The molecule has 0 radical (unpaired) electrons. The second-order valence-electron chi connectivity index (χ2n) is 4.34. The number of hydrogen-bond acceptors (Lipinski definition) is 3. The molecule has 1 aliphatic rings. The number of anilines is 2. The van der Waals surface area contributed by atoms with Crippen LogP contribution in [-0.2, 0) is 13.5 Å². The minimum Gasteiger partial charge on any atom is -0.379 e. The van der Waals surface area contributed by atoms with Crippen molar-refractivity contribution in [1.29, 1.82) is 0 Å². The Morgan fingerprint density at radius 1 is 1.47 bits per heavy atom. The van der Waals surface area contributed by atoms with Gasteiger partial charge in [-0.2, -0.15) is 5.10 Å². The fraction of sp³-hybridized carbons (Fsp3) is 0.727. The van der Waals surface area contributed by atoms with Crippen LogP contribution in [0.4, 0.5) is 11.5 Å². The van der Waals surface area contributed by atoms with Crippen molar-refractivity contribution in [3.8, 4) is 0 Å². The summed E-state index contributed by atoms with van der Waals surface area (Å²) in [6, 6.07) is 0.533. The third kappa shape index (κ3) is 1.58. The smallest absolute Gasteiger partial charge is 0.150 e. The molecule has 1 aromatic heterocycles. The third-order valence-corrected chi connectivity index (χ3v) is 2.97. The molecule has 0 atom stereocenters. The second kappa shape index (κ2) is 3.76. The highest BCUT2D eigenvalue weighted by atomic mass is 15.4. The summed E-state index contributed by atoms with van der Waals surface area (Å²) in [5.74, 6) is 1.24. The number of nitrogens with zero attached hydrogens (tertiary/aromatic N) is 3. The first-order valence-corrected chi connectivity index (χ1v) is 5.71. The van der Waals surface area contributed by atoms with Gasteiger partial charge in [0.1, 0.15) is 5.69 Å². The minimum atomic E-state index is 0.533. The fourth-order valence-electron chi connectivity index (χ4n) is 2.24. The molecule has 0 bridgehead atoms. The lowest BCUT2D eigenvalue weighted by Crippen LogP contribution is -2.39. The van der Waals surface area contributed by atoms with Crippen molar-refractivity contribution in [2.24, 2.45) is 7.05 Å². The van der Waals surface area contributed by atoms with Crippen molar-refractivity contribution < 1.29 is 0 Å². The van der Waals surface area contributed by atoms with Crippen molar-refractivity contribution in [3.63, 3.8) is 0 Å². The summed E-state index contributed by atoms with van der Waals surface area (Å²) in [7, 11) is 2.03. The minimum absolute atomic E-state index is 0.533. The molecule has 1 aromatic rings. The number of nitrogens with one attached hydrogen (secondary N) is 1. The molecule has 0 aromatic carbocycles. The number of fused-ring (bicyclic) bond motifs is 1. The van der Waals surface area contributed by atoms with E-state index >= 15 is 0 Å². The second-order valence-corrected chi connectivity index (χ2v) is 4.34. The zero-order chi connectivity index (χ0) is 11.0. The van der Waals surface area contributed by atoms with Crippen LogP contribution >= 0.6 is 0 Å². The van der Waals surface area contributed by atoms with E-state index in [1.807, 2.05) is 11.7 Å². The van der Waals surface area contributed by atoms with E-state index in [1.54, 1.807) is 0 Å². The van der Waals surface area contributed by atoms with Crippen LogP contribution in [0.1, 0.15) is 26.5 Å². The number of aromatic nitrogens is 2. The van der Waals surface area contributed by atoms with Gasteiger partial charge in [-0.15, -0.1) is 0 Å². The van der Waals surface area contributed by atoms with Gasteiger partial charge in [0.05, 0.1) is 5.69 Å². The highest BCUT2D eigenvalue weighted by Gasteiger charge is 2.25. The van der Waals surface area contributed by atoms with Crippen LogP contribution in [0, 0.1) is 0 Å². The van der Waals surface area contributed by atoms with E-state index in [1.165, 1.54) is 17.2 Å². The van der Waals surface area contributed by atoms with Gasteiger partial charge in [0.2, 0.25) is 0 Å². The summed E-state index contributed by atoms with van der Waals surface area (Å²) in [6.45, 7) is 8.69. The highest BCUT2D eigenvalue weighted by molar-refractivity contribution is 5.71. The molecule has 2 heterocycles. The lowest BCUT2D eigenvalue weighted by molar-refractivity contribution is 0.634. The van der Waals surface area contributed by atoms with Gasteiger partial charge in [-0.3, -0.25) is 4.68 Å². The Bertz CT molecular complexity index is 354. The van der Waals surface area contributed by atoms with E-state index < -0.39 is 0 Å². The molecule has 0 aliphatic carbocycles. The molecule has 0 amide bonds. The Labute approximate surface area is 91.3 Å². The summed E-state index contributed by atoms with van der Waals surface area (Å²) in [5, 5.41) is 8.02. The Balaban J connectivity index is 2.46. The van der Waals surface area contributed by atoms with Gasteiger partial charge in [-0.05, 0) is 20.3 Å². The summed E-state index contributed by atoms with van der Waals surface area (Å²) in [6.07, 6.45) is 0.988. The van der Waals surface area contributed by atoms with Crippen molar-refractivity contribution >= 4 is 11.5 Å². The standard InChI is InChI=1S/C11H20N4/c1-5-9-10-11(14(4)13-9)15(8(2)3)7-6-12-10/h8,12H,5-7H2,1-4H3. The Morgan fingerprint density at radius 3 is 2.80 bits per heavy atom. The molecular weight excluding hydrogens is 188 g/mol. The Hall–Kier alpha value is -1.19. The number of rotatable bonds is 2. The average molecular weight is 208 g/mol. The summed E-state index contributed by atoms with van der Waals surface area (Å²) >= 11 is 0. The molecule has 84 valence electrons. The predicted octanol–water partition coefficient (Wildman–Crippen LogP) is 1.62. The quantitative estimate of drug-likeness (QED) is 0.801. The van der Waals surface area contributed by atoms with Crippen molar-refractivity contribution in [2.45, 2.75) is 33.2 Å². The van der Waals surface area contributed by atoms with Gasteiger partial charge in [0.25, 0.3) is 0 Å². The normalized spacial score (nSPS) is 15.4. The van der Waals surface area contributed by atoms with Gasteiger partial charge in [0.15, 0.2) is 5.82 Å². The third-order valence-electron chi connectivity index (χ3n) is 2.97. The molecule has 1 aliphatic heterocycles. The van der Waals surface area contributed by atoms with Crippen molar-refractivity contribution in [1.82, 2.24) is 9.78 Å². The van der Waals surface area contributed by atoms with Crippen LogP contribution in [0.2, 0.25) is 0 Å². The first-order chi connectivity index (χ1) is 7.15. The van der Waals surface area contributed by atoms with E-state index in [-0.39, 0.29) is 0 Å². The number of aryl methyl sites for hydroxylation is 2. The SMILES string of the molecule is CCc1nn(C)c2c1NCCN2C(C)C. The molecule has 4 nitrogen and oxygen atoms in total. The van der Waals surface area contributed by atoms with Crippen molar-refractivity contribution in [2.75, 3.05) is 23.3 Å². The molecule has 0 spiro atoms. The van der Waals surface area contributed by atoms with Gasteiger partial charge in [-0.25, -0.2) is 0 Å². The molecular formula is C11H20N4. The summed E-state index contributed by atoms with van der Waals surface area (Å²) < 4.78 is 2.00. The van der Waals surface area contributed by atoms with Gasteiger partial charge >= 0.3 is 0 Å². The lowest BCUT2D eigenvalue weighted by Gasteiger charge is -2.33. The summed E-state index contributed by atoms with van der Waals surface area (Å²) in [4.78, 5) is 2.41. The summed E-state index contributed by atoms with van der Waals surface area (Å²) in [5.41, 5.74) is 2.41. The van der Waals surface area contributed by atoms with Crippen LogP contribution in [0.5, 0.6) is 0 Å². The van der Waals surface area contributed by atoms with Crippen LogP contribution in [0.15, 0.2) is 0 Å². The van der Waals surface area contributed by atoms with Gasteiger partial charge < -0.3 is 10.2 Å². The van der Waals surface area contributed by atoms with E-state index in [2.05, 4.69) is 36.1 Å². The van der Waals surface area contributed by atoms with Gasteiger partial charge in [0, 0.05) is 26.2 Å². The maximum atomic E-state index is 4.56. The zero-order valence-corrected chi connectivity index (χ0v) is 10.0. The molecule has 0 saturated carbocycles. The average Bonchev–Trinajstić information content (AvgIpc) is 2.55. The van der Waals surface area contributed by atoms with Crippen LogP contribution in [0.3, 0.4) is 0 Å². The van der Waals surface area contributed by atoms with E-state index in [0.717, 1.165) is 19.5 Å². The van der Waals surface area contributed by atoms with E-state index in [9.17, 15) is 0 Å². The van der Waals surface area contributed by atoms with Crippen molar-refractivity contribution in [3.05, 3.63) is 5.69 Å². The molecule has 0 fully saturated rings. The largest absolute Gasteiger partial charge is 0.379 e. The Morgan fingerprint density at radius 2 is 2.20 bits per heavy atom. The maximum absolute atomic E-state index is 4.56. The fourth-order valence-corrected chi connectivity index (χ4v) is 2.24. The van der Waals surface area contributed by atoms with Crippen LogP contribution in [0.25, 0.3) is 0 Å². The molecule has 4 heteroatoms. The van der Waals surface area contributed by atoms with Crippen LogP contribution in [-0.4, -0.2) is 28.9 Å². The molecule has 15 heavy (non-hydrogen) atoms. The predicted molar refractivity (Wildman–Crippen MR) is 63.6 cm³/mol. The molecule has 2 rings (SSSR count). The molecule has 0 unspecified atom stereocenters. The van der Waals surface area contributed by atoms with E-state index in [4.69, 9.17) is 0 Å². The van der Waals surface area contributed by atoms with Gasteiger partial charge in [-0.1, -0.05) is 6.92 Å². The Kier molecular flexibility index (Phi) is 2.59. The monoisotopic (exact) mass is 208 g/mol. The topological polar surface area (TPSA) is 33.1 Å². The first-order valence-electron chi connectivity index (χ1n) is 5.71. The highest BCUT2D eigenvalue weighted by Crippen LogP contribution is 2.33. The maximum Gasteiger partial charge on any atom is 0.150 e. The first kappa shape index (κ1) is 10.3. The van der Waals surface area contributed by atoms with E-state index in [0.29, 0.717) is 6.04 Å². The number of hydrogen-bond donors (Lipinski definition) is 1. The molecule has 1 N–H and O–H groups in total.